The first-order valence-electron chi connectivity index (χ1n) is 5.49. The summed E-state index contributed by atoms with van der Waals surface area (Å²) in [5, 5.41) is 11.3. The molecule has 1 unspecified atom stereocenters. The van der Waals surface area contributed by atoms with E-state index in [1.54, 1.807) is 43.5 Å². The molecular formula is C14H11BrCl2O2. The number of methoxy groups -OCH3 is 1. The molecule has 0 heterocycles. The second-order valence-electron chi connectivity index (χ2n) is 3.96. The summed E-state index contributed by atoms with van der Waals surface area (Å²) < 4.78 is 5.93. The molecule has 5 heteroatoms. The average Bonchev–Trinajstić information content (AvgIpc) is 2.38. The molecule has 1 N–H and O–H groups in total. The van der Waals surface area contributed by atoms with Crippen molar-refractivity contribution < 1.29 is 9.84 Å². The maximum absolute atomic E-state index is 10.4. The minimum Gasteiger partial charge on any atom is -0.496 e. The third-order valence-corrected chi connectivity index (χ3v) is 3.93. The van der Waals surface area contributed by atoms with Gasteiger partial charge in [-0.2, -0.15) is 0 Å². The highest BCUT2D eigenvalue weighted by molar-refractivity contribution is 9.10. The lowest BCUT2D eigenvalue weighted by Crippen LogP contribution is -2.01. The second kappa shape index (κ2) is 6.14. The first-order valence-corrected chi connectivity index (χ1v) is 7.04. The van der Waals surface area contributed by atoms with Gasteiger partial charge in [0.15, 0.2) is 0 Å². The molecule has 0 aliphatic carbocycles. The summed E-state index contributed by atoms with van der Waals surface area (Å²) in [5.41, 5.74) is 1.33. The molecule has 0 fully saturated rings. The molecule has 2 aromatic rings. The van der Waals surface area contributed by atoms with Gasteiger partial charge >= 0.3 is 0 Å². The topological polar surface area (TPSA) is 29.5 Å². The zero-order valence-corrected chi connectivity index (χ0v) is 13.1. The van der Waals surface area contributed by atoms with Crippen LogP contribution in [0.15, 0.2) is 40.9 Å². The molecule has 0 saturated carbocycles. The van der Waals surface area contributed by atoms with Crippen LogP contribution in [0.3, 0.4) is 0 Å². The first-order chi connectivity index (χ1) is 9.02. The molecule has 100 valence electrons. The van der Waals surface area contributed by atoms with Gasteiger partial charge in [-0.3, -0.25) is 0 Å². The monoisotopic (exact) mass is 360 g/mol. The molecule has 0 radical (unpaired) electrons. The first kappa shape index (κ1) is 14.7. The summed E-state index contributed by atoms with van der Waals surface area (Å²) in [7, 11) is 1.59. The molecule has 0 aliphatic heterocycles. The van der Waals surface area contributed by atoms with Crippen LogP contribution in [-0.2, 0) is 0 Å². The number of benzene rings is 2. The summed E-state index contributed by atoms with van der Waals surface area (Å²) >= 11 is 15.3. The molecule has 19 heavy (non-hydrogen) atoms. The highest BCUT2D eigenvalue weighted by Crippen LogP contribution is 2.33. The van der Waals surface area contributed by atoms with E-state index in [0.29, 0.717) is 21.4 Å². The Balaban J connectivity index is 2.38. The van der Waals surface area contributed by atoms with Crippen molar-refractivity contribution in [3.05, 3.63) is 62.0 Å². The Morgan fingerprint density at radius 3 is 2.47 bits per heavy atom. The van der Waals surface area contributed by atoms with Crippen molar-refractivity contribution >= 4 is 39.1 Å². The lowest BCUT2D eigenvalue weighted by atomic mass is 10.0. The SMILES string of the molecule is COc1ccc(C(O)c2ccc(Cl)cc2Cl)cc1Br. The van der Waals surface area contributed by atoms with Crippen LogP contribution in [0.25, 0.3) is 0 Å². The molecule has 0 amide bonds. The minimum atomic E-state index is -0.813. The predicted octanol–water partition coefficient (Wildman–Crippen LogP) is 4.85. The Morgan fingerprint density at radius 1 is 1.16 bits per heavy atom. The van der Waals surface area contributed by atoms with Crippen LogP contribution in [0.5, 0.6) is 5.75 Å². The number of aliphatic hydroxyl groups excluding tert-OH is 1. The van der Waals surface area contributed by atoms with Gasteiger partial charge in [0.1, 0.15) is 11.9 Å². The highest BCUT2D eigenvalue weighted by Gasteiger charge is 2.15. The molecule has 2 aromatic carbocycles. The smallest absolute Gasteiger partial charge is 0.133 e. The van der Waals surface area contributed by atoms with Gasteiger partial charge in [0.2, 0.25) is 0 Å². The highest BCUT2D eigenvalue weighted by atomic mass is 79.9. The molecule has 2 nitrogen and oxygen atoms in total. The standard InChI is InChI=1S/C14H11BrCl2O2/c1-19-13-5-2-8(6-11(13)15)14(18)10-4-3-9(16)7-12(10)17/h2-7,14,18H,1H3. The number of rotatable bonds is 3. The lowest BCUT2D eigenvalue weighted by molar-refractivity contribution is 0.220. The Kier molecular flexibility index (Phi) is 4.74. The van der Waals surface area contributed by atoms with Gasteiger partial charge in [0.25, 0.3) is 0 Å². The third kappa shape index (κ3) is 3.23. The van der Waals surface area contributed by atoms with Crippen LogP contribution in [0, 0.1) is 0 Å². The van der Waals surface area contributed by atoms with Crippen molar-refractivity contribution in [2.24, 2.45) is 0 Å². The molecule has 0 spiro atoms. The van der Waals surface area contributed by atoms with Crippen LogP contribution in [0.1, 0.15) is 17.2 Å². The van der Waals surface area contributed by atoms with Crippen LogP contribution in [0.2, 0.25) is 10.0 Å². The van der Waals surface area contributed by atoms with Gasteiger partial charge in [-0.15, -0.1) is 0 Å². The van der Waals surface area contributed by atoms with E-state index in [0.717, 1.165) is 10.0 Å². The lowest BCUT2D eigenvalue weighted by Gasteiger charge is -2.14. The van der Waals surface area contributed by atoms with Crippen LogP contribution >= 0.6 is 39.1 Å². The van der Waals surface area contributed by atoms with E-state index in [2.05, 4.69) is 15.9 Å². The van der Waals surface area contributed by atoms with Crippen molar-refractivity contribution in [1.29, 1.82) is 0 Å². The Bertz CT molecular complexity index is 602. The Hall–Kier alpha value is -0.740. The van der Waals surface area contributed by atoms with Crippen molar-refractivity contribution in [3.63, 3.8) is 0 Å². The fourth-order valence-corrected chi connectivity index (χ4v) is 2.83. The average molecular weight is 362 g/mol. The van der Waals surface area contributed by atoms with Crippen LogP contribution in [-0.4, -0.2) is 12.2 Å². The van der Waals surface area contributed by atoms with Gasteiger partial charge < -0.3 is 9.84 Å². The zero-order chi connectivity index (χ0) is 14.0. The molecule has 0 aliphatic rings. The fraction of sp³-hybridized carbons (Fsp3) is 0.143. The van der Waals surface area contributed by atoms with E-state index < -0.39 is 6.10 Å². The fourth-order valence-electron chi connectivity index (χ4n) is 1.76. The van der Waals surface area contributed by atoms with E-state index in [1.165, 1.54) is 0 Å². The van der Waals surface area contributed by atoms with Crippen molar-refractivity contribution in [2.75, 3.05) is 7.11 Å². The number of halogens is 3. The number of hydrogen-bond acceptors (Lipinski definition) is 2. The van der Waals surface area contributed by atoms with Crippen molar-refractivity contribution in [3.8, 4) is 5.75 Å². The normalized spacial score (nSPS) is 12.3. The molecular weight excluding hydrogens is 351 g/mol. The quantitative estimate of drug-likeness (QED) is 0.846. The summed E-state index contributed by atoms with van der Waals surface area (Å²) in [4.78, 5) is 0. The van der Waals surface area contributed by atoms with E-state index in [4.69, 9.17) is 27.9 Å². The summed E-state index contributed by atoms with van der Waals surface area (Å²) in [6.07, 6.45) is -0.813. The van der Waals surface area contributed by atoms with Gasteiger partial charge in [-0.05, 0) is 45.8 Å². The molecule has 0 bridgehead atoms. The summed E-state index contributed by atoms with van der Waals surface area (Å²) in [6.45, 7) is 0. The van der Waals surface area contributed by atoms with Gasteiger partial charge in [0.05, 0.1) is 11.6 Å². The molecule has 2 rings (SSSR count). The van der Waals surface area contributed by atoms with E-state index in [9.17, 15) is 5.11 Å². The minimum absolute atomic E-state index is 0.437. The Morgan fingerprint density at radius 2 is 1.89 bits per heavy atom. The largest absolute Gasteiger partial charge is 0.496 e. The van der Waals surface area contributed by atoms with Gasteiger partial charge in [-0.25, -0.2) is 0 Å². The van der Waals surface area contributed by atoms with Gasteiger partial charge in [-0.1, -0.05) is 35.3 Å². The third-order valence-electron chi connectivity index (χ3n) is 2.75. The number of ether oxygens (including phenoxy) is 1. The van der Waals surface area contributed by atoms with E-state index in [-0.39, 0.29) is 0 Å². The van der Waals surface area contributed by atoms with Crippen LogP contribution < -0.4 is 4.74 Å². The Labute approximate surface area is 130 Å². The maximum atomic E-state index is 10.4. The zero-order valence-electron chi connectivity index (χ0n) is 10.0. The summed E-state index contributed by atoms with van der Waals surface area (Å²) in [6, 6.07) is 10.4. The molecule has 0 saturated heterocycles. The maximum Gasteiger partial charge on any atom is 0.133 e. The van der Waals surface area contributed by atoms with Crippen LogP contribution in [0.4, 0.5) is 0 Å². The predicted molar refractivity (Wildman–Crippen MR) is 81.2 cm³/mol. The van der Waals surface area contributed by atoms with Crippen molar-refractivity contribution in [2.45, 2.75) is 6.10 Å². The molecule has 0 aromatic heterocycles. The summed E-state index contributed by atoms with van der Waals surface area (Å²) in [5.74, 6) is 0.707. The van der Waals surface area contributed by atoms with E-state index >= 15 is 0 Å². The second-order valence-corrected chi connectivity index (χ2v) is 5.66. The number of hydrogen-bond donors (Lipinski definition) is 1. The van der Waals surface area contributed by atoms with Crippen molar-refractivity contribution in [1.82, 2.24) is 0 Å². The van der Waals surface area contributed by atoms with Gasteiger partial charge in [0, 0.05) is 15.6 Å². The molecule has 1 atom stereocenters. The van der Waals surface area contributed by atoms with E-state index in [1.807, 2.05) is 0 Å². The number of aliphatic hydroxyl groups is 1.